The Labute approximate surface area is 222 Å². The molecule has 2 aromatic rings. The number of amides is 2. The zero-order valence-corrected chi connectivity index (χ0v) is 22.0. The highest BCUT2D eigenvalue weighted by molar-refractivity contribution is 5.97. The molecule has 0 aliphatic carbocycles. The van der Waals surface area contributed by atoms with Gasteiger partial charge in [-0.1, -0.05) is 24.8 Å². The Hall–Kier alpha value is -3.48. The highest BCUT2D eigenvalue weighted by Gasteiger charge is 2.35. The zero-order chi connectivity index (χ0) is 27.2. The summed E-state index contributed by atoms with van der Waals surface area (Å²) in [5.41, 5.74) is 1.20. The maximum absolute atomic E-state index is 13.6. The van der Waals surface area contributed by atoms with Crippen LogP contribution in [0, 0.1) is 29.5 Å². The summed E-state index contributed by atoms with van der Waals surface area (Å²) in [4.78, 5) is 34.4. The van der Waals surface area contributed by atoms with Crippen molar-refractivity contribution in [3.63, 3.8) is 0 Å². The van der Waals surface area contributed by atoms with Crippen LogP contribution in [-0.2, 0) is 9.53 Å². The normalized spacial score (nSPS) is 20.8. The van der Waals surface area contributed by atoms with Crippen molar-refractivity contribution in [2.75, 3.05) is 40.0 Å². The third-order valence-electron chi connectivity index (χ3n) is 7.10. The van der Waals surface area contributed by atoms with Gasteiger partial charge in [0.15, 0.2) is 0 Å². The lowest BCUT2D eigenvalue weighted by atomic mass is 9.97. The van der Waals surface area contributed by atoms with E-state index in [1.807, 2.05) is 6.92 Å². The number of pyridine rings is 1. The van der Waals surface area contributed by atoms with Gasteiger partial charge in [0.1, 0.15) is 17.5 Å². The van der Waals surface area contributed by atoms with E-state index in [9.17, 15) is 19.1 Å². The molecule has 202 valence electrons. The average molecular weight is 524 g/mol. The number of ether oxygens (including phenoxy) is 2. The summed E-state index contributed by atoms with van der Waals surface area (Å²) in [6.45, 7) is 5.37. The minimum atomic E-state index is -0.430. The first-order valence-corrected chi connectivity index (χ1v) is 13.0. The van der Waals surface area contributed by atoms with Crippen molar-refractivity contribution in [3.8, 4) is 17.7 Å². The van der Waals surface area contributed by atoms with Crippen LogP contribution in [-0.4, -0.2) is 83.8 Å². The van der Waals surface area contributed by atoms with E-state index >= 15 is 0 Å². The molecule has 2 aliphatic heterocycles. The van der Waals surface area contributed by atoms with Crippen molar-refractivity contribution in [1.82, 2.24) is 14.8 Å². The minimum Gasteiger partial charge on any atom is -0.472 e. The lowest BCUT2D eigenvalue weighted by Crippen LogP contribution is -2.51. The number of carbonyl (C=O) groups is 2. The van der Waals surface area contributed by atoms with Crippen LogP contribution in [0.2, 0.25) is 0 Å². The minimum absolute atomic E-state index is 0.0546. The van der Waals surface area contributed by atoms with Gasteiger partial charge in [-0.15, -0.1) is 0 Å². The quantitative estimate of drug-likeness (QED) is 0.606. The lowest BCUT2D eigenvalue weighted by Gasteiger charge is -2.38. The number of aliphatic hydroxyl groups excluding tert-OH is 1. The number of rotatable bonds is 5. The van der Waals surface area contributed by atoms with Crippen LogP contribution in [0.1, 0.15) is 48.2 Å². The highest BCUT2D eigenvalue weighted by atomic mass is 19.1. The fraction of sp³-hybridized carbons (Fsp3) is 0.483. The Morgan fingerprint density at radius 3 is 2.71 bits per heavy atom. The van der Waals surface area contributed by atoms with Crippen molar-refractivity contribution in [3.05, 3.63) is 59.0 Å². The molecule has 1 aromatic heterocycles. The fourth-order valence-corrected chi connectivity index (χ4v) is 4.72. The number of aliphatic hydroxyl groups is 1. The fourth-order valence-electron chi connectivity index (χ4n) is 4.72. The molecular formula is C29H34FN3O5. The van der Waals surface area contributed by atoms with E-state index in [1.54, 1.807) is 42.0 Å². The molecule has 2 aliphatic rings. The van der Waals surface area contributed by atoms with Gasteiger partial charge in [0.25, 0.3) is 5.91 Å². The number of benzene rings is 1. The molecular weight excluding hydrogens is 489 g/mol. The van der Waals surface area contributed by atoms with Crippen molar-refractivity contribution in [2.24, 2.45) is 11.8 Å². The molecule has 1 aromatic carbocycles. The first-order valence-electron chi connectivity index (χ1n) is 13.0. The van der Waals surface area contributed by atoms with Crippen LogP contribution in [0.5, 0.6) is 5.88 Å². The van der Waals surface area contributed by atoms with Gasteiger partial charge < -0.3 is 24.4 Å². The van der Waals surface area contributed by atoms with E-state index in [0.717, 1.165) is 0 Å². The first-order chi connectivity index (χ1) is 18.3. The van der Waals surface area contributed by atoms with Gasteiger partial charge in [-0.25, -0.2) is 9.37 Å². The van der Waals surface area contributed by atoms with Gasteiger partial charge in [0.05, 0.1) is 19.2 Å². The third-order valence-corrected chi connectivity index (χ3v) is 7.10. The Kier molecular flexibility index (Phi) is 8.97. The molecule has 1 saturated heterocycles. The summed E-state index contributed by atoms with van der Waals surface area (Å²) in [5, 5.41) is 9.86. The molecule has 0 unspecified atom stereocenters. The van der Waals surface area contributed by atoms with Gasteiger partial charge in [0, 0.05) is 56.0 Å². The molecule has 2 amide bonds. The highest BCUT2D eigenvalue weighted by Crippen LogP contribution is 2.28. The summed E-state index contributed by atoms with van der Waals surface area (Å²) in [5.74, 6) is 5.13. The SMILES string of the molecule is C[C@@H]1CN([C@H](C)CO)C(=O)c2cc(C#Cc3cccc(F)c3)cnc2O[C@H]1CN(C)C(=O)C1CCOCC1. The van der Waals surface area contributed by atoms with Crippen molar-refractivity contribution < 1.29 is 28.6 Å². The molecule has 1 N–H and O–H groups in total. The topological polar surface area (TPSA) is 92.2 Å². The van der Waals surface area contributed by atoms with Crippen molar-refractivity contribution in [2.45, 2.75) is 38.8 Å². The molecule has 0 saturated carbocycles. The average Bonchev–Trinajstić information content (AvgIpc) is 2.93. The Balaban J connectivity index is 1.62. The summed E-state index contributed by atoms with van der Waals surface area (Å²) in [6.07, 6.45) is 2.48. The molecule has 1 fully saturated rings. The number of hydrogen-bond acceptors (Lipinski definition) is 6. The number of nitrogens with zero attached hydrogens (tertiary/aromatic N) is 3. The summed E-state index contributed by atoms with van der Waals surface area (Å²) < 4.78 is 25.2. The summed E-state index contributed by atoms with van der Waals surface area (Å²) in [6, 6.07) is 7.13. The second-order valence-corrected chi connectivity index (χ2v) is 10.1. The zero-order valence-electron chi connectivity index (χ0n) is 22.0. The number of halogens is 1. The molecule has 8 nitrogen and oxygen atoms in total. The monoisotopic (exact) mass is 523 g/mol. The van der Waals surface area contributed by atoms with Gasteiger partial charge in [-0.2, -0.15) is 0 Å². The van der Waals surface area contributed by atoms with Gasteiger partial charge in [-0.05, 0) is 44.0 Å². The molecule has 9 heteroatoms. The lowest BCUT2D eigenvalue weighted by molar-refractivity contribution is -0.138. The van der Waals surface area contributed by atoms with Gasteiger partial charge in [-0.3, -0.25) is 9.59 Å². The molecule has 0 spiro atoms. The summed E-state index contributed by atoms with van der Waals surface area (Å²) in [7, 11) is 1.77. The van der Waals surface area contributed by atoms with Gasteiger partial charge >= 0.3 is 0 Å². The third kappa shape index (κ3) is 6.50. The van der Waals surface area contributed by atoms with E-state index < -0.39 is 12.1 Å². The second kappa shape index (κ2) is 12.4. The van der Waals surface area contributed by atoms with E-state index in [4.69, 9.17) is 9.47 Å². The molecule has 0 radical (unpaired) electrons. The number of hydrogen-bond donors (Lipinski definition) is 1. The largest absolute Gasteiger partial charge is 0.472 e. The van der Waals surface area contributed by atoms with Crippen LogP contribution in [0.15, 0.2) is 36.5 Å². The number of likely N-dealkylation sites (N-methyl/N-ethyl adjacent to an activating group) is 1. The first kappa shape index (κ1) is 27.6. The van der Waals surface area contributed by atoms with Crippen molar-refractivity contribution in [1.29, 1.82) is 0 Å². The van der Waals surface area contributed by atoms with E-state index in [-0.39, 0.29) is 47.5 Å². The maximum atomic E-state index is 13.6. The molecule has 38 heavy (non-hydrogen) atoms. The van der Waals surface area contributed by atoms with Crippen LogP contribution < -0.4 is 4.74 Å². The molecule has 4 rings (SSSR count). The van der Waals surface area contributed by atoms with Crippen LogP contribution in [0.4, 0.5) is 4.39 Å². The predicted molar refractivity (Wildman–Crippen MR) is 139 cm³/mol. The summed E-state index contributed by atoms with van der Waals surface area (Å²) >= 11 is 0. The van der Waals surface area contributed by atoms with Crippen molar-refractivity contribution >= 4 is 11.8 Å². The van der Waals surface area contributed by atoms with E-state index in [0.29, 0.717) is 50.3 Å². The maximum Gasteiger partial charge on any atom is 0.259 e. The van der Waals surface area contributed by atoms with Crippen LogP contribution in [0.3, 0.4) is 0 Å². The van der Waals surface area contributed by atoms with E-state index in [1.165, 1.54) is 18.3 Å². The molecule has 3 atom stereocenters. The second-order valence-electron chi connectivity index (χ2n) is 10.1. The predicted octanol–water partition coefficient (Wildman–Crippen LogP) is 2.73. The molecule has 3 heterocycles. The Bertz CT molecular complexity index is 1220. The smallest absolute Gasteiger partial charge is 0.259 e. The number of fused-ring (bicyclic) bond motifs is 1. The number of aromatic nitrogens is 1. The van der Waals surface area contributed by atoms with Crippen LogP contribution >= 0.6 is 0 Å². The van der Waals surface area contributed by atoms with E-state index in [2.05, 4.69) is 16.8 Å². The number of carbonyl (C=O) groups excluding carboxylic acids is 2. The Morgan fingerprint density at radius 2 is 2.00 bits per heavy atom. The standard InChI is InChI=1S/C29H34FN3O5/c1-19-16-33(20(2)18-34)29(36)25-14-22(8-7-21-5-4-6-24(30)13-21)15-31-27(25)38-26(19)17-32(3)28(35)23-9-11-37-12-10-23/h4-6,13-15,19-20,23,26,34H,9-12,16-18H2,1-3H3/t19-,20-,26+/m1/s1. The van der Waals surface area contributed by atoms with Crippen LogP contribution in [0.25, 0.3) is 0 Å². The van der Waals surface area contributed by atoms with Gasteiger partial charge in [0.2, 0.25) is 11.8 Å². The Morgan fingerprint density at radius 1 is 1.26 bits per heavy atom. The molecule has 0 bridgehead atoms.